The number of hydrogen-bond donors (Lipinski definition) is 1. The van der Waals surface area contributed by atoms with Crippen molar-refractivity contribution in [2.45, 2.75) is 125 Å². The van der Waals surface area contributed by atoms with Gasteiger partial charge in [0, 0.05) is 57.7 Å². The maximum absolute atomic E-state index is 12.7. The minimum Gasteiger partial charge on any atom is -0.507 e. The fraction of sp³-hybridized carbons (Fsp3) is 0.284. The maximum atomic E-state index is 12.7. The molecular formula is C67H70N3OPt-. The second kappa shape index (κ2) is 19.9. The molecule has 2 heterocycles. The van der Waals surface area contributed by atoms with Gasteiger partial charge in [-0.2, -0.15) is 0 Å². The Morgan fingerprint density at radius 2 is 1.29 bits per heavy atom. The van der Waals surface area contributed by atoms with Crippen LogP contribution in [0.3, 0.4) is 0 Å². The first-order chi connectivity index (χ1) is 42.0. The van der Waals surface area contributed by atoms with Gasteiger partial charge in [0.1, 0.15) is 11.6 Å². The number of rotatable bonds is 9. The number of benzene rings is 7. The predicted octanol–water partition coefficient (Wildman–Crippen LogP) is 18.4. The molecule has 0 spiro atoms. The Labute approximate surface area is 473 Å². The van der Waals surface area contributed by atoms with Crippen molar-refractivity contribution in [2.75, 3.05) is 0 Å². The van der Waals surface area contributed by atoms with E-state index in [0.29, 0.717) is 61.2 Å². The molecule has 0 aliphatic heterocycles. The number of nitrogens with zero attached hydrogens (tertiary/aromatic N) is 3. The zero-order valence-corrected chi connectivity index (χ0v) is 44.3. The number of pyridine rings is 1. The Kier molecular flexibility index (Phi) is 8.66. The molecule has 0 atom stereocenters. The van der Waals surface area contributed by atoms with Gasteiger partial charge >= 0.3 is 0 Å². The topological polar surface area (TPSA) is 50.9 Å². The van der Waals surface area contributed by atoms with Crippen LogP contribution in [0.15, 0.2) is 152 Å². The Bertz CT molecular complexity index is 4340. The zero-order chi connectivity index (χ0) is 68.7. The molecular weight excluding hydrogens is 1060 g/mol. The largest absolute Gasteiger partial charge is 0.507 e. The van der Waals surface area contributed by atoms with Crippen LogP contribution in [0, 0.1) is 12.9 Å². The third kappa shape index (κ3) is 10.3. The number of para-hydroxylation sites is 1. The number of hydrogen-bond acceptors (Lipinski definition) is 3. The number of aryl methyl sites for hydroxylation is 1. The third-order valence-corrected chi connectivity index (χ3v) is 12.8. The van der Waals surface area contributed by atoms with Crippen LogP contribution in [-0.4, -0.2) is 19.6 Å². The number of phenolic OH excluding ortho intramolecular Hbond substituents is 1. The molecule has 72 heavy (non-hydrogen) atoms. The molecule has 7 aromatic carbocycles. The third-order valence-electron chi connectivity index (χ3n) is 12.8. The van der Waals surface area contributed by atoms with Crippen LogP contribution in [0.2, 0.25) is 0 Å². The predicted molar refractivity (Wildman–Crippen MR) is 301 cm³/mol. The smallest absolute Gasteiger partial charge is 0.148 e. The Morgan fingerprint density at radius 1 is 0.611 bits per heavy atom. The molecule has 0 amide bonds. The maximum Gasteiger partial charge on any atom is 0.148 e. The first-order valence-corrected chi connectivity index (χ1v) is 23.5. The molecule has 1 N–H and O–H groups in total. The van der Waals surface area contributed by atoms with E-state index in [1.165, 1.54) is 0 Å². The molecule has 0 fully saturated rings. The van der Waals surface area contributed by atoms with Gasteiger partial charge in [-0.1, -0.05) is 204 Å². The Morgan fingerprint density at radius 3 is 1.93 bits per heavy atom. The molecule has 2 aromatic heterocycles. The van der Waals surface area contributed by atoms with Crippen molar-refractivity contribution in [1.82, 2.24) is 14.5 Å². The van der Waals surface area contributed by atoms with E-state index in [0.717, 1.165) is 5.56 Å². The van der Waals surface area contributed by atoms with Crippen molar-refractivity contribution in [3.05, 3.63) is 191 Å². The summed E-state index contributed by atoms with van der Waals surface area (Å²) in [5.41, 5.74) is -1.80. The summed E-state index contributed by atoms with van der Waals surface area (Å²) < 4.78 is 187. The molecule has 5 heteroatoms. The summed E-state index contributed by atoms with van der Waals surface area (Å²) in [6, 6.07) is 29.1. The van der Waals surface area contributed by atoms with Gasteiger partial charge in [0.15, 0.2) is 0 Å². The number of imidazole rings is 1. The van der Waals surface area contributed by atoms with E-state index >= 15 is 0 Å². The molecule has 0 bridgehead atoms. The van der Waals surface area contributed by atoms with E-state index < -0.39 is 109 Å². The van der Waals surface area contributed by atoms with E-state index in [1.807, 2.05) is 73.9 Å². The van der Waals surface area contributed by atoms with E-state index in [-0.39, 0.29) is 66.0 Å². The van der Waals surface area contributed by atoms with Gasteiger partial charge in [-0.25, -0.2) is 4.98 Å². The van der Waals surface area contributed by atoms with Crippen molar-refractivity contribution in [1.29, 1.82) is 0 Å². The van der Waals surface area contributed by atoms with E-state index in [1.54, 1.807) is 88.4 Å². The molecule has 370 valence electrons. The molecule has 9 rings (SSSR count). The average molecular weight is 1150 g/mol. The second-order valence-electron chi connectivity index (χ2n) is 20.6. The quantitative estimate of drug-likeness (QED) is 0.147. The van der Waals surface area contributed by atoms with Gasteiger partial charge < -0.3 is 5.11 Å². The number of phenols is 1. The van der Waals surface area contributed by atoms with Crippen LogP contribution in [0.25, 0.3) is 83.9 Å². The summed E-state index contributed by atoms with van der Waals surface area (Å²) in [5.74, 6) is -2.87. The second-order valence-corrected chi connectivity index (χ2v) is 20.6. The van der Waals surface area contributed by atoms with Crippen molar-refractivity contribution in [2.24, 2.45) is 0 Å². The van der Waals surface area contributed by atoms with E-state index in [2.05, 4.69) is 31.8 Å². The molecule has 0 aliphatic rings. The summed E-state index contributed by atoms with van der Waals surface area (Å²) >= 11 is 0. The van der Waals surface area contributed by atoms with Crippen molar-refractivity contribution in [3.63, 3.8) is 0 Å². The summed E-state index contributed by atoms with van der Waals surface area (Å²) in [6.07, 6.45) is -0.813. The normalized spacial score (nSPS) is 17.4. The van der Waals surface area contributed by atoms with Crippen LogP contribution >= 0.6 is 0 Å². The fourth-order valence-corrected chi connectivity index (χ4v) is 8.70. The van der Waals surface area contributed by atoms with Gasteiger partial charge in [-0.3, -0.25) is 9.55 Å². The number of fused-ring (bicyclic) bond motifs is 1. The number of aromatic hydroxyl groups is 1. The summed E-state index contributed by atoms with van der Waals surface area (Å²) in [6.45, 7) is 4.04. The Balaban J connectivity index is 0.0000111. The van der Waals surface area contributed by atoms with E-state index in [9.17, 15) is 12.0 Å². The van der Waals surface area contributed by atoms with Crippen molar-refractivity contribution < 1.29 is 55.0 Å². The van der Waals surface area contributed by atoms with Gasteiger partial charge in [0.05, 0.1) is 31.9 Å². The van der Waals surface area contributed by atoms with Gasteiger partial charge in [-0.05, 0) is 121 Å². The molecule has 0 unspecified atom stereocenters. The first kappa shape index (κ1) is 31.3. The monoisotopic (exact) mass is 1150 g/mol. The zero-order valence-electron chi connectivity index (χ0n) is 63.0. The van der Waals surface area contributed by atoms with Crippen molar-refractivity contribution in [3.8, 4) is 78.6 Å². The summed E-state index contributed by atoms with van der Waals surface area (Å²) in [7, 11) is 0. The minimum absolute atomic E-state index is 0. The van der Waals surface area contributed by atoms with Crippen LogP contribution in [0.1, 0.15) is 164 Å². The molecule has 0 radical (unpaired) electrons. The fourth-order valence-electron chi connectivity index (χ4n) is 8.70. The molecule has 9 aromatic rings. The van der Waals surface area contributed by atoms with Crippen LogP contribution in [0.5, 0.6) is 5.75 Å². The summed E-state index contributed by atoms with van der Waals surface area (Å²) in [4.78, 5) is 9.84. The van der Waals surface area contributed by atoms with Crippen LogP contribution in [0.4, 0.5) is 0 Å². The SMILES string of the molecule is [2H]c1nc(-c2[c-]c(-c3cccc4c3nc(-c3cc(C([2H])(C)C)cc(C([2H])(C)C)c3O)n4-c3cc(-c4ccccc4)c(C([2H])([2H])[2H])cc3-c3ccc(C(C)(C)C)cc3)cc(C(C)(C)C)c2)c([2H])c(-c2c([2H])c([2H])c(C(C([2H])([2H])[2H])(C([2H])([2H])[2H])C([2H])([2H])[2H])c([2H])c2[2H])c1[2H].[Pt]. The standard InChI is InChI=1S/C67H70N3O.Pt/c1-41(2)48-37-55(42(3)4)63(71)58(38-48)64-69-62-54(49-34-50(36-53(35-49)67(12,13)14)59-39-47(31-32-68-59)44-23-27-51(28-24-44)65(6,7)8)21-18-22-60(62)70(64)61-40-56(45-19-16-15-17-20-45)43(5)33-57(61)46-25-29-52(30-26-46)66(9,10)11;/h15-33,35-42,71H,1-14H3;/q-1;/i5D3,6D3,7D3,8D3,23D,24D,27D,28D,31D,32D,39D,41D,42D;. The van der Waals surface area contributed by atoms with Gasteiger partial charge in [-0.15, -0.1) is 29.3 Å². The average Bonchev–Trinajstić information content (AvgIpc) is 1.40. The molecule has 0 saturated carbocycles. The van der Waals surface area contributed by atoms with Gasteiger partial charge in [0.25, 0.3) is 0 Å². The molecule has 0 saturated heterocycles. The first-order valence-electron chi connectivity index (χ1n) is 34.0. The molecule has 4 nitrogen and oxygen atoms in total. The Hall–Kier alpha value is -6.35. The van der Waals surface area contributed by atoms with E-state index in [4.69, 9.17) is 26.9 Å². The van der Waals surface area contributed by atoms with Crippen LogP contribution in [-0.2, 0) is 37.3 Å². The van der Waals surface area contributed by atoms with Crippen molar-refractivity contribution >= 4 is 11.0 Å². The summed E-state index contributed by atoms with van der Waals surface area (Å²) in [5, 5.41) is 12.7. The molecule has 0 aliphatic carbocycles. The number of aromatic nitrogens is 3. The van der Waals surface area contributed by atoms with Gasteiger partial charge in [0.2, 0.25) is 0 Å². The minimum atomic E-state index is -3.97. The van der Waals surface area contributed by atoms with Crippen LogP contribution < -0.4 is 0 Å².